The van der Waals surface area contributed by atoms with Crippen molar-refractivity contribution in [2.24, 2.45) is 0 Å². The minimum absolute atomic E-state index is 0. The molecule has 8 heavy (non-hydrogen) atoms. The van der Waals surface area contributed by atoms with Gasteiger partial charge in [-0.25, -0.2) is 0 Å². The second-order valence-corrected chi connectivity index (χ2v) is 2.54. The van der Waals surface area contributed by atoms with Gasteiger partial charge in [-0.2, -0.15) is 0 Å². The normalized spacial score (nSPS) is 2.75. The van der Waals surface area contributed by atoms with Gasteiger partial charge in [0.25, 0.3) is 0 Å². The predicted molar refractivity (Wildman–Crippen MR) is 43.8 cm³/mol. The van der Waals surface area contributed by atoms with Gasteiger partial charge in [0.15, 0.2) is 0 Å². The Morgan fingerprint density at radius 3 is 0.625 bits per heavy atom. The Hall–Kier alpha value is 1.20. The first-order valence-electron chi connectivity index (χ1n) is 0.252. The van der Waals surface area contributed by atoms with Gasteiger partial charge in [0.2, 0.25) is 0 Å². The third-order valence-electron chi connectivity index (χ3n) is 0. The summed E-state index contributed by atoms with van der Waals surface area (Å²) in [4.78, 5) is 0. The fourth-order valence-corrected chi connectivity index (χ4v) is 0. The molecule has 0 atom stereocenters. The third-order valence-corrected chi connectivity index (χ3v) is 0. The standard InChI is InChI=1S/5CH3.2ClH.Rh/h5*1H3;2*1H;/q5*-1;;;+2/p-2. The first-order valence-corrected chi connectivity index (χ1v) is 4.47. The summed E-state index contributed by atoms with van der Waals surface area (Å²) in [5.41, 5.74) is 0. The summed E-state index contributed by atoms with van der Waals surface area (Å²) < 4.78 is 0. The molecular weight excluding hydrogens is 234 g/mol. The van der Waals surface area contributed by atoms with Crippen LogP contribution in [0.3, 0.4) is 0 Å². The van der Waals surface area contributed by atoms with Gasteiger partial charge < -0.3 is 37.1 Å². The van der Waals surface area contributed by atoms with Crippen LogP contribution < -0.4 is 0 Å². The molecule has 0 aliphatic carbocycles. The molecule has 0 aromatic carbocycles. The maximum absolute atomic E-state index is 4.83. The molecule has 0 spiro atoms. The summed E-state index contributed by atoms with van der Waals surface area (Å²) >= 11 is -0.226. The predicted octanol–water partition coefficient (Wildman–Crippen LogP) is 3.63. The molecule has 0 saturated heterocycles. The Morgan fingerprint density at radius 2 is 0.625 bits per heavy atom. The van der Waals surface area contributed by atoms with E-state index in [-0.39, 0.29) is 52.3 Å². The molecule has 0 saturated carbocycles. The van der Waals surface area contributed by atoms with E-state index < -0.39 is 0 Å². The average Bonchev–Trinajstić information content (AvgIpc) is 0.918. The molecule has 0 unspecified atom stereocenters. The molecule has 3 heteroatoms. The Balaban J connectivity index is -0.00000000200. The van der Waals surface area contributed by atoms with E-state index in [0.717, 1.165) is 0 Å². The van der Waals surface area contributed by atoms with Gasteiger partial charge in [0.1, 0.15) is 0 Å². The van der Waals surface area contributed by atoms with Crippen LogP contribution in [0.15, 0.2) is 0 Å². The van der Waals surface area contributed by atoms with Gasteiger partial charge in [-0.05, 0) is 0 Å². The zero-order chi connectivity index (χ0) is 2.71. The maximum atomic E-state index is 4.83. The van der Waals surface area contributed by atoms with E-state index >= 15 is 0 Å². The molecule has 63 valence electrons. The van der Waals surface area contributed by atoms with Crippen molar-refractivity contribution in [1.29, 1.82) is 0 Å². The third kappa shape index (κ3) is 191. The van der Waals surface area contributed by atoms with Crippen molar-refractivity contribution in [2.45, 2.75) is 0 Å². The number of rotatable bonds is 0. The summed E-state index contributed by atoms with van der Waals surface area (Å²) in [6, 6.07) is 0. The SMILES string of the molecule is [CH3-].[CH3-].[CH3-].[CH3-].[CH3-].[Cl][Rh][Cl]. The second-order valence-electron chi connectivity index (χ2n) is 0.0476. The van der Waals surface area contributed by atoms with Crippen LogP contribution in [0.25, 0.3) is 0 Å². The van der Waals surface area contributed by atoms with Crippen LogP contribution in [0.4, 0.5) is 0 Å². The number of halogens is 2. The summed E-state index contributed by atoms with van der Waals surface area (Å²) in [7, 11) is 9.67. The average molecular weight is 249 g/mol. The Bertz CT molecular complexity index is 10.4. The molecule has 0 heterocycles. The van der Waals surface area contributed by atoms with Gasteiger partial charge in [0, 0.05) is 0 Å². The van der Waals surface area contributed by atoms with Crippen LogP contribution in [0.2, 0.25) is 0 Å². The zero-order valence-corrected chi connectivity index (χ0v) is 9.24. The van der Waals surface area contributed by atoms with E-state index in [1.807, 2.05) is 0 Å². The van der Waals surface area contributed by atoms with Crippen LogP contribution in [0, 0.1) is 37.1 Å². The topological polar surface area (TPSA) is 0 Å². The van der Waals surface area contributed by atoms with Gasteiger partial charge in [-0.15, -0.1) is 0 Å². The van der Waals surface area contributed by atoms with Crippen LogP contribution in [0.5, 0.6) is 0 Å². The Morgan fingerprint density at radius 1 is 0.625 bits per heavy atom. The van der Waals surface area contributed by atoms with E-state index in [2.05, 4.69) is 0 Å². The van der Waals surface area contributed by atoms with E-state index in [1.54, 1.807) is 0 Å². The van der Waals surface area contributed by atoms with Crippen molar-refractivity contribution in [3.8, 4) is 0 Å². The number of hydrogen-bond donors (Lipinski definition) is 0. The summed E-state index contributed by atoms with van der Waals surface area (Å²) in [5.74, 6) is 0. The molecule has 0 fully saturated rings. The van der Waals surface area contributed by atoms with Gasteiger partial charge in [0.05, 0.1) is 0 Å². The van der Waals surface area contributed by atoms with E-state index in [9.17, 15) is 0 Å². The number of hydrogen-bond acceptors (Lipinski definition) is 0. The molecule has 0 N–H and O–H groups in total. The Labute approximate surface area is 71.6 Å². The van der Waals surface area contributed by atoms with Crippen LogP contribution in [0.1, 0.15) is 0 Å². The molecule has 0 aromatic heterocycles. The molecule has 0 radical (unpaired) electrons. The van der Waals surface area contributed by atoms with Crippen molar-refractivity contribution in [3.63, 3.8) is 0 Å². The van der Waals surface area contributed by atoms with E-state index in [4.69, 9.17) is 19.4 Å². The van der Waals surface area contributed by atoms with Crippen LogP contribution in [-0.4, -0.2) is 0 Å². The first-order chi connectivity index (χ1) is 1.41. The van der Waals surface area contributed by atoms with Crippen LogP contribution in [-0.2, 0) is 15.1 Å². The van der Waals surface area contributed by atoms with Gasteiger partial charge in [-0.1, -0.05) is 0 Å². The fraction of sp³-hybridized carbons (Fsp3) is 0. The van der Waals surface area contributed by atoms with Gasteiger partial charge in [-0.3, -0.25) is 0 Å². The zero-order valence-electron chi connectivity index (χ0n) is 6.09. The Kier molecular flexibility index (Phi) is 661. The van der Waals surface area contributed by atoms with Crippen molar-refractivity contribution >= 4 is 19.4 Å². The summed E-state index contributed by atoms with van der Waals surface area (Å²) in [6.45, 7) is 0. The van der Waals surface area contributed by atoms with E-state index in [0.29, 0.717) is 0 Å². The van der Waals surface area contributed by atoms with Crippen molar-refractivity contribution in [3.05, 3.63) is 37.1 Å². The molecule has 0 aliphatic heterocycles. The summed E-state index contributed by atoms with van der Waals surface area (Å²) in [5, 5.41) is 0. The minimum atomic E-state index is -0.226. The monoisotopic (exact) mass is 248 g/mol. The van der Waals surface area contributed by atoms with E-state index in [1.165, 1.54) is 0 Å². The van der Waals surface area contributed by atoms with Crippen LogP contribution >= 0.6 is 19.4 Å². The molecule has 0 amide bonds. The van der Waals surface area contributed by atoms with Crippen molar-refractivity contribution in [2.75, 3.05) is 0 Å². The van der Waals surface area contributed by atoms with Gasteiger partial charge >= 0.3 is 34.5 Å². The molecule has 0 aliphatic rings. The first kappa shape index (κ1) is 60.4. The van der Waals surface area contributed by atoms with Crippen molar-refractivity contribution < 1.29 is 15.1 Å². The fourth-order valence-electron chi connectivity index (χ4n) is 0. The molecule has 0 aromatic rings. The molecule has 0 rings (SSSR count). The molecule has 0 nitrogen and oxygen atoms in total. The van der Waals surface area contributed by atoms with Crippen molar-refractivity contribution in [1.82, 2.24) is 0 Å². The summed E-state index contributed by atoms with van der Waals surface area (Å²) in [6.07, 6.45) is 0. The second kappa shape index (κ2) is 87.7. The quantitative estimate of drug-likeness (QED) is 0.454. The molecular formula is C5H15Cl2Rh-5. The molecule has 0 bridgehead atoms.